The molecule has 3 rings (SSSR count). The van der Waals surface area contributed by atoms with Gasteiger partial charge >= 0.3 is 0 Å². The van der Waals surface area contributed by atoms with E-state index in [4.69, 9.17) is 11.6 Å². The van der Waals surface area contributed by atoms with E-state index in [9.17, 15) is 13.2 Å². The Balaban J connectivity index is 1.70. The van der Waals surface area contributed by atoms with E-state index in [2.05, 4.69) is 16.0 Å². The molecule has 1 heterocycles. The summed E-state index contributed by atoms with van der Waals surface area (Å²) in [6.45, 7) is 3.42. The Labute approximate surface area is 198 Å². The first-order valence-corrected chi connectivity index (χ1v) is 13.3. The van der Waals surface area contributed by atoms with Crippen molar-refractivity contribution in [1.82, 2.24) is 9.88 Å². The number of carbonyl (C=O) groups excluding carboxylic acids is 1. The molecule has 1 amide bonds. The van der Waals surface area contributed by atoms with Crippen molar-refractivity contribution in [3.63, 3.8) is 0 Å². The highest BCUT2D eigenvalue weighted by Crippen LogP contribution is 2.30. The molecule has 0 saturated carbocycles. The Hall–Kier alpha value is -2.00. The maximum atomic E-state index is 13.1. The number of sulfone groups is 1. The van der Waals surface area contributed by atoms with Gasteiger partial charge in [0.2, 0.25) is 5.91 Å². The monoisotopic (exact) mass is 493 g/mol. The summed E-state index contributed by atoms with van der Waals surface area (Å²) in [6, 6.07) is 12.1. The van der Waals surface area contributed by atoms with Gasteiger partial charge < -0.3 is 4.90 Å². The van der Waals surface area contributed by atoms with E-state index in [1.54, 1.807) is 17.0 Å². The van der Waals surface area contributed by atoms with Crippen LogP contribution < -0.4 is 4.90 Å². The summed E-state index contributed by atoms with van der Waals surface area (Å²) in [5.74, 6) is -0.198. The van der Waals surface area contributed by atoms with E-state index in [1.807, 2.05) is 33.2 Å². The van der Waals surface area contributed by atoms with Crippen LogP contribution in [0.2, 0.25) is 5.02 Å². The van der Waals surface area contributed by atoms with E-state index in [0.717, 1.165) is 28.7 Å². The van der Waals surface area contributed by atoms with Crippen LogP contribution in [0.5, 0.6) is 0 Å². The molecular formula is C23H28ClN3O3S2. The third kappa shape index (κ3) is 6.51. The molecule has 172 valence electrons. The fraction of sp³-hybridized carbons (Fsp3) is 0.391. The number of aryl methyl sites for hydroxylation is 1. The van der Waals surface area contributed by atoms with Crippen molar-refractivity contribution in [3.05, 3.63) is 53.1 Å². The Kier molecular flexibility index (Phi) is 8.27. The zero-order valence-electron chi connectivity index (χ0n) is 18.5. The van der Waals surface area contributed by atoms with Crippen molar-refractivity contribution in [2.45, 2.75) is 31.1 Å². The van der Waals surface area contributed by atoms with Gasteiger partial charge in [0.05, 0.1) is 20.9 Å². The van der Waals surface area contributed by atoms with Gasteiger partial charge in [-0.25, -0.2) is 13.4 Å². The summed E-state index contributed by atoms with van der Waals surface area (Å²) in [6.07, 6.45) is 1.19. The minimum atomic E-state index is -3.47. The molecule has 0 fully saturated rings. The summed E-state index contributed by atoms with van der Waals surface area (Å²) in [5, 5.41) is 1.15. The van der Waals surface area contributed by atoms with Crippen molar-refractivity contribution >= 4 is 54.0 Å². The molecule has 0 spiro atoms. The van der Waals surface area contributed by atoms with E-state index in [-0.39, 0.29) is 29.4 Å². The van der Waals surface area contributed by atoms with Gasteiger partial charge in [-0.3, -0.25) is 9.69 Å². The summed E-state index contributed by atoms with van der Waals surface area (Å²) in [4.78, 5) is 21.8. The van der Waals surface area contributed by atoms with Crippen molar-refractivity contribution in [2.75, 3.05) is 37.8 Å². The number of thiazole rings is 1. The first-order valence-electron chi connectivity index (χ1n) is 10.5. The third-order valence-electron chi connectivity index (χ3n) is 5.03. The summed E-state index contributed by atoms with van der Waals surface area (Å²) >= 11 is 7.34. The van der Waals surface area contributed by atoms with Crippen molar-refractivity contribution in [2.24, 2.45) is 0 Å². The van der Waals surface area contributed by atoms with Crippen LogP contribution in [-0.2, 0) is 14.6 Å². The van der Waals surface area contributed by atoms with Gasteiger partial charge in [-0.15, -0.1) is 0 Å². The molecule has 32 heavy (non-hydrogen) atoms. The average molecular weight is 494 g/mol. The third-order valence-corrected chi connectivity index (χ3v) is 8.14. The first-order chi connectivity index (χ1) is 15.2. The molecule has 9 heteroatoms. The quantitative estimate of drug-likeness (QED) is 0.406. The number of hydrogen-bond donors (Lipinski definition) is 0. The highest BCUT2D eigenvalue weighted by molar-refractivity contribution is 7.91. The zero-order chi connectivity index (χ0) is 23.3. The highest BCUT2D eigenvalue weighted by atomic mass is 35.5. The van der Waals surface area contributed by atoms with Crippen LogP contribution in [-0.4, -0.2) is 57.1 Å². The second-order valence-electron chi connectivity index (χ2n) is 8.05. The molecular weight excluding hydrogens is 466 g/mol. The molecule has 0 aliphatic rings. The maximum absolute atomic E-state index is 13.1. The molecule has 3 aromatic rings. The van der Waals surface area contributed by atoms with Gasteiger partial charge in [-0.1, -0.05) is 29.0 Å². The number of rotatable bonds is 10. The van der Waals surface area contributed by atoms with Crippen molar-refractivity contribution in [1.29, 1.82) is 0 Å². The summed E-state index contributed by atoms with van der Waals surface area (Å²) in [7, 11) is 0.523. The first kappa shape index (κ1) is 24.6. The minimum absolute atomic E-state index is 0.0923. The number of carbonyl (C=O) groups is 1. The molecule has 2 aromatic carbocycles. The molecule has 1 aromatic heterocycles. The normalized spacial score (nSPS) is 11.9. The smallest absolute Gasteiger partial charge is 0.228 e. The number of anilines is 1. The predicted molar refractivity (Wildman–Crippen MR) is 133 cm³/mol. The van der Waals surface area contributed by atoms with Gasteiger partial charge in [0, 0.05) is 18.0 Å². The summed E-state index contributed by atoms with van der Waals surface area (Å²) < 4.78 is 26.2. The molecule has 0 aliphatic heterocycles. The average Bonchev–Trinajstić information content (AvgIpc) is 3.13. The lowest BCUT2D eigenvalue weighted by molar-refractivity contribution is -0.118. The fourth-order valence-electron chi connectivity index (χ4n) is 3.32. The number of aromatic nitrogens is 1. The molecule has 0 aliphatic carbocycles. The van der Waals surface area contributed by atoms with Crippen molar-refractivity contribution < 1.29 is 13.2 Å². The molecule has 0 unspecified atom stereocenters. The van der Waals surface area contributed by atoms with Gasteiger partial charge in [-0.2, -0.15) is 0 Å². The van der Waals surface area contributed by atoms with E-state index < -0.39 is 9.84 Å². The Morgan fingerprint density at radius 2 is 1.78 bits per heavy atom. The standard InChI is InChI=1S/C23H28ClN3O3S2/c1-17-7-12-20-21(16-17)31-23(25-20)27(14-5-13-26(2)3)22(28)6-4-15-32(29,30)19-10-8-18(24)9-11-19/h7-12,16H,4-6,13-15H2,1-3H3. The molecule has 0 radical (unpaired) electrons. The number of hydrogen-bond acceptors (Lipinski definition) is 6. The van der Waals surface area contributed by atoms with Crippen LogP contribution in [0.25, 0.3) is 10.2 Å². The van der Waals surface area contributed by atoms with Crippen molar-refractivity contribution in [3.8, 4) is 0 Å². The second kappa shape index (κ2) is 10.7. The maximum Gasteiger partial charge on any atom is 0.228 e. The SMILES string of the molecule is Cc1ccc2nc(N(CCCN(C)C)C(=O)CCCS(=O)(=O)c3ccc(Cl)cc3)sc2c1. The molecule has 0 saturated heterocycles. The lowest BCUT2D eigenvalue weighted by Crippen LogP contribution is -2.33. The van der Waals surface area contributed by atoms with E-state index >= 15 is 0 Å². The second-order valence-corrected chi connectivity index (χ2v) is 11.6. The van der Waals surface area contributed by atoms with Crippen LogP contribution in [0, 0.1) is 6.92 Å². The van der Waals surface area contributed by atoms with Crippen LogP contribution in [0.3, 0.4) is 0 Å². The van der Waals surface area contributed by atoms with Crippen LogP contribution in [0.1, 0.15) is 24.8 Å². The predicted octanol–water partition coefficient (Wildman–Crippen LogP) is 4.80. The van der Waals surface area contributed by atoms with Gasteiger partial charge in [0.25, 0.3) is 0 Å². The van der Waals surface area contributed by atoms with Crippen LogP contribution in [0.15, 0.2) is 47.4 Å². The Morgan fingerprint density at radius 1 is 1.06 bits per heavy atom. The fourth-order valence-corrected chi connectivity index (χ4v) is 5.86. The number of fused-ring (bicyclic) bond motifs is 1. The lowest BCUT2D eigenvalue weighted by atomic mass is 10.2. The number of benzene rings is 2. The summed E-state index contributed by atoms with van der Waals surface area (Å²) in [5.41, 5.74) is 2.01. The van der Waals surface area contributed by atoms with E-state index in [1.165, 1.54) is 23.5 Å². The van der Waals surface area contributed by atoms with Gasteiger partial charge in [0.15, 0.2) is 15.0 Å². The van der Waals surface area contributed by atoms with E-state index in [0.29, 0.717) is 16.7 Å². The topological polar surface area (TPSA) is 70.6 Å². The molecule has 6 nitrogen and oxygen atoms in total. The van der Waals surface area contributed by atoms with Crippen LogP contribution >= 0.6 is 22.9 Å². The zero-order valence-corrected chi connectivity index (χ0v) is 20.9. The number of amides is 1. The minimum Gasteiger partial charge on any atom is -0.309 e. The number of halogens is 1. The number of nitrogens with zero attached hydrogens (tertiary/aromatic N) is 3. The van der Waals surface area contributed by atoms with Gasteiger partial charge in [0.1, 0.15) is 0 Å². The van der Waals surface area contributed by atoms with Gasteiger partial charge in [-0.05, 0) is 82.4 Å². The lowest BCUT2D eigenvalue weighted by Gasteiger charge is -2.21. The largest absolute Gasteiger partial charge is 0.309 e. The molecule has 0 atom stereocenters. The Bertz CT molecular complexity index is 1170. The molecule has 0 N–H and O–H groups in total. The Morgan fingerprint density at radius 3 is 2.47 bits per heavy atom. The molecule has 0 bridgehead atoms. The highest BCUT2D eigenvalue weighted by Gasteiger charge is 2.21. The van der Waals surface area contributed by atoms with Crippen LogP contribution in [0.4, 0.5) is 5.13 Å².